The first-order valence-electron chi connectivity index (χ1n) is 9.44. The minimum absolute atomic E-state index is 0. The second-order valence-electron chi connectivity index (χ2n) is 6.74. The first-order valence-corrected chi connectivity index (χ1v) is 9.44. The number of hydrogen-bond donors (Lipinski definition) is 2. The van der Waals surface area contributed by atoms with Gasteiger partial charge in [-0.2, -0.15) is 0 Å². The van der Waals surface area contributed by atoms with Gasteiger partial charge in [-0.15, -0.1) is 24.0 Å². The quantitative estimate of drug-likeness (QED) is 0.233. The molecule has 5 nitrogen and oxygen atoms in total. The van der Waals surface area contributed by atoms with Crippen molar-refractivity contribution in [2.24, 2.45) is 10.4 Å². The van der Waals surface area contributed by atoms with Gasteiger partial charge in [0.1, 0.15) is 12.4 Å². The molecule has 2 rings (SSSR count). The van der Waals surface area contributed by atoms with Crippen LogP contribution < -0.4 is 15.4 Å². The van der Waals surface area contributed by atoms with Gasteiger partial charge in [-0.25, -0.2) is 4.99 Å². The van der Waals surface area contributed by atoms with E-state index in [0.29, 0.717) is 25.2 Å². The number of ether oxygens (including phenoxy) is 2. The largest absolute Gasteiger partial charge is 0.491 e. The van der Waals surface area contributed by atoms with Crippen LogP contribution in [0.5, 0.6) is 5.75 Å². The van der Waals surface area contributed by atoms with Crippen molar-refractivity contribution >= 4 is 29.9 Å². The molecule has 1 fully saturated rings. The highest BCUT2D eigenvalue weighted by atomic mass is 127. The van der Waals surface area contributed by atoms with Crippen molar-refractivity contribution in [2.45, 2.75) is 46.1 Å². The lowest BCUT2D eigenvalue weighted by Gasteiger charge is -2.41. The molecule has 26 heavy (non-hydrogen) atoms. The van der Waals surface area contributed by atoms with Gasteiger partial charge in [-0.1, -0.05) is 25.5 Å². The third kappa shape index (κ3) is 7.31. The summed E-state index contributed by atoms with van der Waals surface area (Å²) in [4.78, 5) is 4.73. The van der Waals surface area contributed by atoms with Gasteiger partial charge < -0.3 is 20.1 Å². The van der Waals surface area contributed by atoms with Crippen molar-refractivity contribution < 1.29 is 9.47 Å². The molecular weight excluding hydrogens is 441 g/mol. The van der Waals surface area contributed by atoms with Crippen molar-refractivity contribution in [1.82, 2.24) is 10.6 Å². The molecule has 148 valence electrons. The Labute approximate surface area is 175 Å². The minimum atomic E-state index is 0. The van der Waals surface area contributed by atoms with Crippen LogP contribution >= 0.6 is 24.0 Å². The molecule has 0 bridgehead atoms. The molecule has 6 heteroatoms. The molecule has 1 aromatic rings. The SMILES string of the molecule is CCNC(=NCc1cccc(OCCOC)c1)NCC1(CC)CCC1.I. The monoisotopic (exact) mass is 475 g/mol. The molecular formula is C20H34IN3O2. The van der Waals surface area contributed by atoms with E-state index in [1.807, 2.05) is 18.2 Å². The normalized spacial score (nSPS) is 15.6. The number of guanidine groups is 1. The predicted octanol–water partition coefficient (Wildman–Crippen LogP) is 3.97. The zero-order chi connectivity index (χ0) is 18.0. The lowest BCUT2D eigenvalue weighted by atomic mass is 9.67. The van der Waals surface area contributed by atoms with Gasteiger partial charge in [0.25, 0.3) is 0 Å². The average Bonchev–Trinajstić information content (AvgIpc) is 2.59. The summed E-state index contributed by atoms with van der Waals surface area (Å²) in [5.74, 6) is 1.76. The molecule has 0 unspecified atom stereocenters. The lowest BCUT2D eigenvalue weighted by molar-refractivity contribution is 0.131. The Bertz CT molecular complexity index is 542. The molecule has 1 aliphatic rings. The van der Waals surface area contributed by atoms with Gasteiger partial charge in [0.05, 0.1) is 13.2 Å². The maximum Gasteiger partial charge on any atom is 0.191 e. The van der Waals surface area contributed by atoms with Crippen LogP contribution in [0.25, 0.3) is 0 Å². The van der Waals surface area contributed by atoms with Crippen LogP contribution in [-0.4, -0.2) is 39.4 Å². The van der Waals surface area contributed by atoms with E-state index >= 15 is 0 Å². The molecule has 2 N–H and O–H groups in total. The highest BCUT2D eigenvalue weighted by Crippen LogP contribution is 2.42. The van der Waals surface area contributed by atoms with Crippen LogP contribution in [0.4, 0.5) is 0 Å². The van der Waals surface area contributed by atoms with E-state index in [9.17, 15) is 0 Å². The second-order valence-corrected chi connectivity index (χ2v) is 6.74. The summed E-state index contributed by atoms with van der Waals surface area (Å²) in [6.45, 7) is 8.06. The molecule has 0 heterocycles. The maximum absolute atomic E-state index is 5.67. The van der Waals surface area contributed by atoms with E-state index in [0.717, 1.165) is 30.4 Å². The van der Waals surface area contributed by atoms with Crippen LogP contribution in [0.3, 0.4) is 0 Å². The second kappa shape index (κ2) is 12.4. The first kappa shape index (κ1) is 23.0. The highest BCUT2D eigenvalue weighted by molar-refractivity contribution is 14.0. The molecule has 0 radical (unpaired) electrons. The van der Waals surface area contributed by atoms with Crippen LogP contribution in [0.2, 0.25) is 0 Å². The summed E-state index contributed by atoms with van der Waals surface area (Å²) >= 11 is 0. The van der Waals surface area contributed by atoms with Crippen molar-refractivity contribution in [1.29, 1.82) is 0 Å². The van der Waals surface area contributed by atoms with Gasteiger partial charge >= 0.3 is 0 Å². The number of methoxy groups -OCH3 is 1. The van der Waals surface area contributed by atoms with E-state index in [2.05, 4.69) is 30.5 Å². The highest BCUT2D eigenvalue weighted by Gasteiger charge is 2.34. The maximum atomic E-state index is 5.67. The van der Waals surface area contributed by atoms with Crippen molar-refractivity contribution in [3.8, 4) is 5.75 Å². The van der Waals surface area contributed by atoms with Gasteiger partial charge in [0, 0.05) is 20.2 Å². The first-order chi connectivity index (χ1) is 12.2. The number of nitrogens with one attached hydrogen (secondary N) is 2. The number of hydrogen-bond acceptors (Lipinski definition) is 3. The van der Waals surface area contributed by atoms with Crippen molar-refractivity contribution in [2.75, 3.05) is 33.4 Å². The summed E-state index contributed by atoms with van der Waals surface area (Å²) in [7, 11) is 1.68. The van der Waals surface area contributed by atoms with E-state index in [1.165, 1.54) is 25.7 Å². The van der Waals surface area contributed by atoms with Gasteiger partial charge in [-0.05, 0) is 49.3 Å². The molecule has 1 aromatic carbocycles. The van der Waals surface area contributed by atoms with Crippen molar-refractivity contribution in [3.63, 3.8) is 0 Å². The average molecular weight is 475 g/mol. The standard InChI is InChI=1S/C20H33N3O2.HI/c1-4-20(10-7-11-20)16-23-19(21-5-2)22-15-17-8-6-9-18(14-17)25-13-12-24-3;/h6,8-9,14H,4-5,7,10-13,15-16H2,1-3H3,(H2,21,22,23);1H. The fourth-order valence-corrected chi connectivity index (χ4v) is 3.09. The predicted molar refractivity (Wildman–Crippen MR) is 119 cm³/mol. The Balaban J connectivity index is 0.00000338. The van der Waals surface area contributed by atoms with Gasteiger partial charge in [-0.3, -0.25) is 0 Å². The smallest absolute Gasteiger partial charge is 0.191 e. The number of benzene rings is 1. The molecule has 0 aromatic heterocycles. The Morgan fingerprint density at radius 2 is 2.00 bits per heavy atom. The topological polar surface area (TPSA) is 54.9 Å². The summed E-state index contributed by atoms with van der Waals surface area (Å²) in [5.41, 5.74) is 1.62. The Morgan fingerprint density at radius 3 is 2.62 bits per heavy atom. The van der Waals surface area contributed by atoms with E-state index in [4.69, 9.17) is 14.5 Å². The van der Waals surface area contributed by atoms with Crippen LogP contribution in [0, 0.1) is 5.41 Å². The van der Waals surface area contributed by atoms with Gasteiger partial charge in [0.15, 0.2) is 5.96 Å². The fourth-order valence-electron chi connectivity index (χ4n) is 3.09. The van der Waals surface area contributed by atoms with E-state index in [-0.39, 0.29) is 24.0 Å². The molecule has 0 aliphatic heterocycles. The van der Waals surface area contributed by atoms with E-state index < -0.39 is 0 Å². The zero-order valence-electron chi connectivity index (χ0n) is 16.3. The number of aliphatic imine (C=N–C) groups is 1. The lowest BCUT2D eigenvalue weighted by Crippen LogP contribution is -2.46. The molecule has 1 aliphatic carbocycles. The number of halogens is 1. The molecule has 1 saturated carbocycles. The summed E-state index contributed by atoms with van der Waals surface area (Å²) < 4.78 is 10.7. The number of rotatable bonds is 10. The van der Waals surface area contributed by atoms with Gasteiger partial charge in [0.2, 0.25) is 0 Å². The molecule has 0 amide bonds. The summed E-state index contributed by atoms with van der Waals surface area (Å²) in [5, 5.41) is 6.88. The Hall–Kier alpha value is -1.02. The van der Waals surface area contributed by atoms with Crippen molar-refractivity contribution in [3.05, 3.63) is 29.8 Å². The third-order valence-electron chi connectivity index (χ3n) is 5.01. The van der Waals surface area contributed by atoms with Crippen LogP contribution in [0.1, 0.15) is 45.1 Å². The van der Waals surface area contributed by atoms with Crippen LogP contribution in [0.15, 0.2) is 29.3 Å². The third-order valence-corrected chi connectivity index (χ3v) is 5.01. The summed E-state index contributed by atoms with van der Waals surface area (Å²) in [6, 6.07) is 8.10. The molecule has 0 atom stereocenters. The fraction of sp³-hybridized carbons (Fsp3) is 0.650. The summed E-state index contributed by atoms with van der Waals surface area (Å²) in [6.07, 6.45) is 5.26. The minimum Gasteiger partial charge on any atom is -0.491 e. The molecule has 0 spiro atoms. The molecule has 0 saturated heterocycles. The Morgan fingerprint density at radius 1 is 1.19 bits per heavy atom. The Kier molecular flexibility index (Phi) is 11.0. The number of nitrogens with zero attached hydrogens (tertiary/aromatic N) is 1. The van der Waals surface area contributed by atoms with Crippen LogP contribution in [-0.2, 0) is 11.3 Å². The van der Waals surface area contributed by atoms with E-state index in [1.54, 1.807) is 7.11 Å². The zero-order valence-corrected chi connectivity index (χ0v) is 18.7.